The van der Waals surface area contributed by atoms with Crippen LogP contribution >= 0.6 is 0 Å². The molecule has 0 bridgehead atoms. The highest BCUT2D eigenvalue weighted by atomic mass is 16.6. The summed E-state index contributed by atoms with van der Waals surface area (Å²) < 4.78 is 0. The number of H-pyrrole nitrogens is 1. The van der Waals surface area contributed by atoms with Crippen molar-refractivity contribution in [3.8, 4) is 0 Å². The molecule has 5 heteroatoms. The van der Waals surface area contributed by atoms with Crippen LogP contribution in [-0.4, -0.2) is 15.7 Å². The number of aromatic amines is 1. The Hall–Kier alpha value is -1.91. The summed E-state index contributed by atoms with van der Waals surface area (Å²) in [6, 6.07) is 0. The number of rotatable bonds is 3. The first-order valence-electron chi connectivity index (χ1n) is 3.57. The van der Waals surface area contributed by atoms with Crippen molar-refractivity contribution in [3.05, 3.63) is 40.1 Å². The van der Waals surface area contributed by atoms with E-state index in [0.29, 0.717) is 11.1 Å². The van der Waals surface area contributed by atoms with E-state index in [1.807, 2.05) is 0 Å². The van der Waals surface area contributed by atoms with Gasteiger partial charge in [-0.1, -0.05) is 6.58 Å². The van der Waals surface area contributed by atoms with Gasteiger partial charge in [-0.05, 0) is 17.9 Å². The summed E-state index contributed by atoms with van der Waals surface area (Å²) in [6.45, 7) is 4.82. The lowest BCUT2D eigenvalue weighted by molar-refractivity contribution is -0.389. The van der Waals surface area contributed by atoms with Gasteiger partial charge in [0, 0.05) is 0 Å². The summed E-state index contributed by atoms with van der Waals surface area (Å²) in [5.41, 5.74) is 0.636. The fourth-order valence-corrected chi connectivity index (χ4v) is 1.04. The molecule has 0 aromatic carbocycles. The van der Waals surface area contributed by atoms with Crippen LogP contribution in [0, 0.1) is 17.0 Å². The van der Waals surface area contributed by atoms with Crippen LogP contribution in [-0.2, 0) is 0 Å². The van der Waals surface area contributed by atoms with E-state index in [1.165, 1.54) is 13.1 Å². The molecular weight excluding hydrogens is 172 g/mol. The van der Waals surface area contributed by atoms with Gasteiger partial charge in [-0.2, -0.15) is 0 Å². The molecule has 0 aliphatic carbocycles. The first-order chi connectivity index (χ1) is 6.07. The van der Waals surface area contributed by atoms with Crippen molar-refractivity contribution in [3.63, 3.8) is 0 Å². The maximum atomic E-state index is 11.1. The van der Waals surface area contributed by atoms with Gasteiger partial charge in [-0.15, -0.1) is 0 Å². The molecule has 0 unspecified atom stereocenters. The van der Waals surface area contributed by atoms with Crippen LogP contribution in [0.1, 0.15) is 15.9 Å². The van der Waals surface area contributed by atoms with Gasteiger partial charge in [-0.25, -0.2) is 4.98 Å². The average molecular weight is 180 g/mol. The Morgan fingerprint density at radius 1 is 1.77 bits per heavy atom. The number of allylic oxidation sites excluding steroid dienone is 1. The number of nitro groups is 1. The minimum absolute atomic E-state index is 0.148. The van der Waals surface area contributed by atoms with Crippen LogP contribution in [0.4, 0.5) is 5.82 Å². The van der Waals surface area contributed by atoms with Gasteiger partial charge in [0.2, 0.25) is 0 Å². The van der Waals surface area contributed by atoms with Gasteiger partial charge in [0.25, 0.3) is 0 Å². The number of ketones is 1. The second-order valence-electron chi connectivity index (χ2n) is 2.50. The van der Waals surface area contributed by atoms with Gasteiger partial charge in [0.15, 0.2) is 5.78 Å². The number of carbonyl (C=O) groups is 1. The molecule has 68 valence electrons. The number of nitrogens with one attached hydrogen (secondary N) is 1. The number of nitrogens with zero attached hydrogens (tertiary/aromatic N) is 1. The quantitative estimate of drug-likeness (QED) is 0.332. The molecule has 0 saturated heterocycles. The Morgan fingerprint density at radius 3 is 2.77 bits per heavy atom. The third-order valence-electron chi connectivity index (χ3n) is 1.75. The zero-order valence-electron chi connectivity index (χ0n) is 7.03. The molecule has 1 N–H and O–H groups in total. The Morgan fingerprint density at radius 2 is 2.38 bits per heavy atom. The molecule has 0 fully saturated rings. The summed E-state index contributed by atoms with van der Waals surface area (Å²) in [6.07, 6.45) is 2.44. The zero-order valence-corrected chi connectivity index (χ0v) is 7.03. The standard InChI is InChI=1S/C8H8N2O3/c1-3-7(11)6-4-9-8(5(6)2)10(12)13/h3-4,9H,1H2,2H3. The first kappa shape index (κ1) is 9.18. The highest BCUT2D eigenvalue weighted by Gasteiger charge is 2.18. The number of hydrogen-bond acceptors (Lipinski definition) is 3. The molecule has 0 amide bonds. The van der Waals surface area contributed by atoms with Crippen LogP contribution in [0.25, 0.3) is 0 Å². The van der Waals surface area contributed by atoms with Gasteiger partial charge in [0.05, 0.1) is 17.3 Å². The van der Waals surface area contributed by atoms with Crippen LogP contribution < -0.4 is 0 Å². The second-order valence-corrected chi connectivity index (χ2v) is 2.50. The van der Waals surface area contributed by atoms with Crippen molar-refractivity contribution < 1.29 is 9.72 Å². The van der Waals surface area contributed by atoms with Gasteiger partial charge < -0.3 is 10.1 Å². The lowest BCUT2D eigenvalue weighted by Crippen LogP contribution is -1.95. The van der Waals surface area contributed by atoms with E-state index in [-0.39, 0.29) is 11.6 Å². The Kier molecular flexibility index (Phi) is 2.27. The molecule has 13 heavy (non-hydrogen) atoms. The average Bonchev–Trinajstić information content (AvgIpc) is 2.46. The van der Waals surface area contributed by atoms with Crippen LogP contribution in [0.3, 0.4) is 0 Å². The minimum Gasteiger partial charge on any atom is -0.358 e. The SMILES string of the molecule is C=CC(=O)c1c[nH]c([N+](=O)[O-])c1C. The number of aromatic nitrogens is 1. The van der Waals surface area contributed by atoms with E-state index < -0.39 is 4.92 Å². The molecule has 1 aromatic rings. The predicted molar refractivity (Wildman–Crippen MR) is 46.7 cm³/mol. The van der Waals surface area contributed by atoms with Gasteiger partial charge in [-0.3, -0.25) is 4.79 Å². The number of carbonyl (C=O) groups excluding carboxylic acids is 1. The molecule has 0 spiro atoms. The molecule has 0 aliphatic rings. The third-order valence-corrected chi connectivity index (χ3v) is 1.75. The maximum Gasteiger partial charge on any atom is 0.324 e. The van der Waals surface area contributed by atoms with E-state index in [2.05, 4.69) is 11.6 Å². The van der Waals surface area contributed by atoms with Crippen LogP contribution in [0.15, 0.2) is 18.9 Å². The van der Waals surface area contributed by atoms with Crippen molar-refractivity contribution in [1.82, 2.24) is 4.98 Å². The van der Waals surface area contributed by atoms with E-state index in [0.717, 1.165) is 6.08 Å². The van der Waals surface area contributed by atoms with E-state index in [4.69, 9.17) is 0 Å². The van der Waals surface area contributed by atoms with Crippen molar-refractivity contribution in [2.75, 3.05) is 0 Å². The van der Waals surface area contributed by atoms with Crippen molar-refractivity contribution in [1.29, 1.82) is 0 Å². The summed E-state index contributed by atoms with van der Waals surface area (Å²) in [5, 5.41) is 10.4. The molecule has 0 aliphatic heterocycles. The summed E-state index contributed by atoms with van der Waals surface area (Å²) in [7, 11) is 0. The van der Waals surface area contributed by atoms with Crippen molar-refractivity contribution in [2.45, 2.75) is 6.92 Å². The maximum absolute atomic E-state index is 11.1. The molecule has 1 rings (SSSR count). The predicted octanol–water partition coefficient (Wildman–Crippen LogP) is 1.60. The minimum atomic E-state index is -0.560. The highest BCUT2D eigenvalue weighted by Crippen LogP contribution is 2.20. The summed E-state index contributed by atoms with van der Waals surface area (Å²) in [5.74, 6) is -0.466. The monoisotopic (exact) mass is 180 g/mol. The third kappa shape index (κ3) is 1.48. The zero-order chi connectivity index (χ0) is 10.0. The van der Waals surface area contributed by atoms with E-state index in [9.17, 15) is 14.9 Å². The Labute approximate surface area is 74.2 Å². The molecule has 1 aromatic heterocycles. The molecular formula is C8H8N2O3. The topological polar surface area (TPSA) is 76.0 Å². The molecule has 1 heterocycles. The molecule has 5 nitrogen and oxygen atoms in total. The molecule has 0 atom stereocenters. The Balaban J connectivity index is 3.21. The van der Waals surface area contributed by atoms with E-state index in [1.54, 1.807) is 0 Å². The lowest BCUT2D eigenvalue weighted by atomic mass is 10.1. The van der Waals surface area contributed by atoms with Gasteiger partial charge >= 0.3 is 5.82 Å². The van der Waals surface area contributed by atoms with Crippen LogP contribution in [0.2, 0.25) is 0 Å². The summed E-state index contributed by atoms with van der Waals surface area (Å²) in [4.78, 5) is 23.4. The second kappa shape index (κ2) is 3.22. The normalized spacial score (nSPS) is 9.62. The fraction of sp³-hybridized carbons (Fsp3) is 0.125. The highest BCUT2D eigenvalue weighted by molar-refractivity contribution is 6.05. The van der Waals surface area contributed by atoms with Crippen molar-refractivity contribution >= 4 is 11.6 Å². The largest absolute Gasteiger partial charge is 0.358 e. The molecule has 0 saturated carbocycles. The van der Waals surface area contributed by atoms with Gasteiger partial charge in [0.1, 0.15) is 0 Å². The lowest BCUT2D eigenvalue weighted by Gasteiger charge is -1.92. The Bertz CT molecular complexity index is 379. The molecule has 0 radical (unpaired) electrons. The van der Waals surface area contributed by atoms with Crippen LogP contribution in [0.5, 0.6) is 0 Å². The first-order valence-corrected chi connectivity index (χ1v) is 3.57. The number of hydrogen-bond donors (Lipinski definition) is 1. The smallest absolute Gasteiger partial charge is 0.324 e. The summed E-state index contributed by atoms with van der Waals surface area (Å²) >= 11 is 0. The fourth-order valence-electron chi connectivity index (χ4n) is 1.04. The van der Waals surface area contributed by atoms with E-state index >= 15 is 0 Å². The van der Waals surface area contributed by atoms with Crippen molar-refractivity contribution in [2.24, 2.45) is 0 Å².